The van der Waals surface area contributed by atoms with Gasteiger partial charge < -0.3 is 24.6 Å². The molecule has 0 atom stereocenters. The molecule has 0 aliphatic carbocycles. The highest BCUT2D eigenvalue weighted by molar-refractivity contribution is 6.06. The highest BCUT2D eigenvalue weighted by atomic mass is 16.5. The van der Waals surface area contributed by atoms with E-state index in [1.54, 1.807) is 12.1 Å². The fourth-order valence-electron chi connectivity index (χ4n) is 2.37. The molecule has 0 saturated carbocycles. The Morgan fingerprint density at radius 3 is 2.79 bits per heavy atom. The topological polar surface area (TPSA) is 146 Å². The van der Waals surface area contributed by atoms with E-state index in [-0.39, 0.29) is 28.9 Å². The number of amides is 2. The number of nitrogens with one attached hydrogen (secondary N) is 2. The van der Waals surface area contributed by atoms with Gasteiger partial charge in [-0.2, -0.15) is 0 Å². The molecule has 0 fully saturated rings. The molecule has 3 rings (SSSR count). The van der Waals surface area contributed by atoms with Crippen molar-refractivity contribution in [1.82, 2.24) is 15.5 Å². The van der Waals surface area contributed by atoms with Crippen molar-refractivity contribution in [1.29, 1.82) is 0 Å². The lowest BCUT2D eigenvalue weighted by molar-refractivity contribution is 0.0950. The summed E-state index contributed by atoms with van der Waals surface area (Å²) in [6.07, 6.45) is 2.11. The minimum Gasteiger partial charge on any atom is -0.496 e. The summed E-state index contributed by atoms with van der Waals surface area (Å²) >= 11 is 0. The molecule has 0 saturated heterocycles. The van der Waals surface area contributed by atoms with Crippen LogP contribution in [0.5, 0.6) is 5.75 Å². The molecule has 28 heavy (non-hydrogen) atoms. The average molecular weight is 385 g/mol. The molecular weight excluding hydrogens is 366 g/mol. The third kappa shape index (κ3) is 4.35. The summed E-state index contributed by atoms with van der Waals surface area (Å²) in [6.45, 7) is 0.885. The lowest BCUT2D eigenvalue weighted by Gasteiger charge is -2.10. The van der Waals surface area contributed by atoms with E-state index in [1.165, 1.54) is 31.6 Å². The van der Waals surface area contributed by atoms with Crippen LogP contribution in [0.15, 0.2) is 45.4 Å². The molecular formula is C18H19N5O5. The summed E-state index contributed by atoms with van der Waals surface area (Å²) in [5.41, 5.74) is 5.88. The molecule has 0 radical (unpaired) electrons. The number of anilines is 1. The first kappa shape index (κ1) is 19.1. The van der Waals surface area contributed by atoms with Crippen LogP contribution in [0, 0.1) is 0 Å². The highest BCUT2D eigenvalue weighted by Gasteiger charge is 2.18. The highest BCUT2D eigenvalue weighted by Crippen LogP contribution is 2.22. The lowest BCUT2D eigenvalue weighted by atomic mass is 10.1. The number of carbonyl (C=O) groups is 2. The zero-order valence-electron chi connectivity index (χ0n) is 15.1. The van der Waals surface area contributed by atoms with Gasteiger partial charge in [0.1, 0.15) is 5.75 Å². The standard InChI is InChI=1S/C18H19N5O5/c1-26-13-6-5-11(10-12(13)16(25)20-8-3-7-19)15(24)21-18-23-22-17(28-18)14-4-2-9-27-14/h2,4-6,9-10H,3,7-8,19H2,1H3,(H,20,25)(H,21,23,24). The second-order valence-corrected chi connectivity index (χ2v) is 5.66. The second kappa shape index (κ2) is 8.82. The van der Waals surface area contributed by atoms with Gasteiger partial charge in [0, 0.05) is 12.1 Å². The third-order valence-electron chi connectivity index (χ3n) is 3.75. The van der Waals surface area contributed by atoms with Gasteiger partial charge in [-0.3, -0.25) is 14.9 Å². The Balaban J connectivity index is 1.74. The SMILES string of the molecule is COc1ccc(C(=O)Nc2nnc(-c3ccco3)o2)cc1C(=O)NCCCN. The molecule has 2 heterocycles. The molecule has 2 aromatic heterocycles. The summed E-state index contributed by atoms with van der Waals surface area (Å²) in [6, 6.07) is 7.72. The van der Waals surface area contributed by atoms with E-state index in [0.717, 1.165) is 0 Å². The minimum atomic E-state index is -0.520. The average Bonchev–Trinajstić information content (AvgIpc) is 3.39. The van der Waals surface area contributed by atoms with Gasteiger partial charge in [0.15, 0.2) is 5.76 Å². The van der Waals surface area contributed by atoms with Crippen LogP contribution in [0.2, 0.25) is 0 Å². The normalized spacial score (nSPS) is 10.5. The van der Waals surface area contributed by atoms with Crippen molar-refractivity contribution in [2.24, 2.45) is 5.73 Å². The van der Waals surface area contributed by atoms with Crippen molar-refractivity contribution in [2.45, 2.75) is 6.42 Å². The molecule has 0 unspecified atom stereocenters. The number of benzene rings is 1. The minimum absolute atomic E-state index is 0.0961. The molecule has 3 aromatic rings. The molecule has 146 valence electrons. The number of aromatic nitrogens is 2. The van der Waals surface area contributed by atoms with Gasteiger partial charge in [-0.25, -0.2) is 0 Å². The van der Waals surface area contributed by atoms with Crippen LogP contribution in [0.4, 0.5) is 6.01 Å². The van der Waals surface area contributed by atoms with E-state index in [0.29, 0.717) is 31.0 Å². The van der Waals surface area contributed by atoms with Crippen molar-refractivity contribution < 1.29 is 23.2 Å². The summed E-state index contributed by atoms with van der Waals surface area (Å²) in [5, 5.41) is 12.8. The number of rotatable bonds is 8. The lowest BCUT2D eigenvalue weighted by Crippen LogP contribution is -2.26. The summed E-state index contributed by atoms with van der Waals surface area (Å²) in [7, 11) is 1.44. The quantitative estimate of drug-likeness (QED) is 0.496. The van der Waals surface area contributed by atoms with Gasteiger partial charge in [0.05, 0.1) is 18.9 Å². The Morgan fingerprint density at radius 2 is 2.07 bits per heavy atom. The van der Waals surface area contributed by atoms with E-state index in [4.69, 9.17) is 19.3 Å². The van der Waals surface area contributed by atoms with Crippen LogP contribution < -0.4 is 21.1 Å². The number of ether oxygens (including phenoxy) is 1. The predicted octanol–water partition coefficient (Wildman–Crippen LogP) is 1.67. The molecule has 4 N–H and O–H groups in total. The zero-order chi connectivity index (χ0) is 19.9. The molecule has 10 heteroatoms. The maximum atomic E-state index is 12.5. The van der Waals surface area contributed by atoms with Crippen molar-refractivity contribution in [2.75, 3.05) is 25.5 Å². The molecule has 0 bridgehead atoms. The Hall–Kier alpha value is -3.66. The molecule has 0 spiro atoms. The maximum Gasteiger partial charge on any atom is 0.322 e. The molecule has 0 aliphatic heterocycles. The summed E-state index contributed by atoms with van der Waals surface area (Å²) in [4.78, 5) is 24.8. The number of methoxy groups -OCH3 is 1. The number of nitrogens with two attached hydrogens (primary N) is 1. The van der Waals surface area contributed by atoms with Crippen LogP contribution in [0.25, 0.3) is 11.7 Å². The maximum absolute atomic E-state index is 12.5. The van der Waals surface area contributed by atoms with E-state index in [9.17, 15) is 9.59 Å². The Labute approximate surface area is 160 Å². The predicted molar refractivity (Wildman–Crippen MR) is 99.0 cm³/mol. The summed E-state index contributed by atoms with van der Waals surface area (Å²) < 4.78 is 15.7. The van der Waals surface area contributed by atoms with E-state index in [2.05, 4.69) is 20.8 Å². The first-order valence-electron chi connectivity index (χ1n) is 8.47. The summed E-state index contributed by atoms with van der Waals surface area (Å²) in [5.74, 6) is -0.0188. The second-order valence-electron chi connectivity index (χ2n) is 5.66. The van der Waals surface area contributed by atoms with Crippen LogP contribution >= 0.6 is 0 Å². The van der Waals surface area contributed by atoms with Crippen molar-refractivity contribution in [3.63, 3.8) is 0 Å². The number of hydrogen-bond donors (Lipinski definition) is 3. The van der Waals surface area contributed by atoms with Crippen LogP contribution in [-0.4, -0.2) is 42.2 Å². The van der Waals surface area contributed by atoms with Gasteiger partial charge in [-0.15, -0.1) is 5.10 Å². The number of carbonyl (C=O) groups excluding carboxylic acids is 2. The van der Waals surface area contributed by atoms with E-state index in [1.807, 2.05) is 0 Å². The van der Waals surface area contributed by atoms with Crippen molar-refractivity contribution >= 4 is 17.8 Å². The van der Waals surface area contributed by atoms with Crippen LogP contribution in [0.1, 0.15) is 27.1 Å². The monoisotopic (exact) mass is 385 g/mol. The van der Waals surface area contributed by atoms with E-state index < -0.39 is 5.91 Å². The Morgan fingerprint density at radius 1 is 1.21 bits per heavy atom. The fraction of sp³-hybridized carbons (Fsp3) is 0.222. The Bertz CT molecular complexity index is 951. The molecule has 2 amide bonds. The fourth-order valence-corrected chi connectivity index (χ4v) is 2.37. The first-order chi connectivity index (χ1) is 13.6. The Kier molecular flexibility index (Phi) is 6.02. The van der Waals surface area contributed by atoms with Crippen LogP contribution in [0.3, 0.4) is 0 Å². The number of furan rings is 1. The van der Waals surface area contributed by atoms with Gasteiger partial charge in [-0.1, -0.05) is 5.10 Å². The number of nitrogens with zero attached hydrogens (tertiary/aromatic N) is 2. The zero-order valence-corrected chi connectivity index (χ0v) is 15.1. The van der Waals surface area contributed by atoms with Gasteiger partial charge in [0.2, 0.25) is 0 Å². The van der Waals surface area contributed by atoms with Gasteiger partial charge in [0.25, 0.3) is 17.7 Å². The van der Waals surface area contributed by atoms with E-state index >= 15 is 0 Å². The molecule has 10 nitrogen and oxygen atoms in total. The van der Waals surface area contributed by atoms with Crippen LogP contribution in [-0.2, 0) is 0 Å². The molecule has 1 aromatic carbocycles. The smallest absolute Gasteiger partial charge is 0.322 e. The third-order valence-corrected chi connectivity index (χ3v) is 3.75. The van der Waals surface area contributed by atoms with Crippen molar-refractivity contribution in [3.8, 4) is 17.4 Å². The molecule has 0 aliphatic rings. The van der Waals surface area contributed by atoms with Crippen molar-refractivity contribution in [3.05, 3.63) is 47.7 Å². The largest absolute Gasteiger partial charge is 0.496 e. The first-order valence-corrected chi connectivity index (χ1v) is 8.47. The van der Waals surface area contributed by atoms with Gasteiger partial charge >= 0.3 is 6.01 Å². The van der Waals surface area contributed by atoms with Gasteiger partial charge in [-0.05, 0) is 43.3 Å². The number of hydrogen-bond acceptors (Lipinski definition) is 8.